The number of nitrogens with two attached hydrogens (primary N) is 1. The van der Waals surface area contributed by atoms with Gasteiger partial charge in [0.2, 0.25) is 5.91 Å². The Labute approximate surface area is 226 Å². The Morgan fingerprint density at radius 1 is 1.50 bits per heavy atom. The monoisotopic (exact) mass is 540 g/mol. The molecule has 0 spiro atoms. The third kappa shape index (κ3) is 4.97. The third-order valence-corrected chi connectivity index (χ3v) is 9.45. The van der Waals surface area contributed by atoms with Crippen molar-refractivity contribution in [3.8, 4) is 0 Å². The van der Waals surface area contributed by atoms with E-state index in [9.17, 15) is 19.5 Å². The van der Waals surface area contributed by atoms with Gasteiger partial charge in [0.25, 0.3) is 5.91 Å². The first-order valence-electron chi connectivity index (χ1n) is 8.71. The largest absolute Gasteiger partial charge is 1.00 e. The normalized spacial score (nSPS) is 24.8. The molecule has 16 heteroatoms. The van der Waals surface area contributed by atoms with Gasteiger partial charge in [0.1, 0.15) is 15.6 Å². The molecule has 2 aliphatic heterocycles. The van der Waals surface area contributed by atoms with Crippen molar-refractivity contribution in [1.29, 1.82) is 0 Å². The second-order valence-electron chi connectivity index (χ2n) is 6.81. The number of thiazole rings is 1. The van der Waals surface area contributed by atoms with Crippen LogP contribution in [0.1, 0.15) is 5.69 Å². The number of carbonyl (C=O) groups is 3. The first kappa shape index (κ1) is 25.7. The summed E-state index contributed by atoms with van der Waals surface area (Å²) in [4.78, 5) is 42.8. The molecule has 0 saturated carbocycles. The van der Waals surface area contributed by atoms with Gasteiger partial charge < -0.3 is 25.9 Å². The van der Waals surface area contributed by atoms with Crippen molar-refractivity contribution in [2.24, 2.45) is 5.41 Å². The SMILES string of the molecule is Nc1nc(C(=CCl)C(=O)NC2C(=O)N3CC(CSc4cnns4)(C(=O)[O-])CS[C@H]23)cs1.[Na+]. The maximum atomic E-state index is 12.7. The Bertz CT molecular complexity index is 1050. The molecule has 3 N–H and O–H groups in total. The predicted molar refractivity (Wildman–Crippen MR) is 118 cm³/mol. The number of halogens is 1. The van der Waals surface area contributed by atoms with Crippen LogP contribution in [0.3, 0.4) is 0 Å². The van der Waals surface area contributed by atoms with Crippen molar-refractivity contribution < 1.29 is 49.0 Å². The summed E-state index contributed by atoms with van der Waals surface area (Å²) in [5.74, 6) is -1.64. The molecule has 0 aromatic carbocycles. The van der Waals surface area contributed by atoms with Crippen LogP contribution in [0.15, 0.2) is 21.3 Å². The molecule has 0 bridgehead atoms. The topological polar surface area (TPSA) is 154 Å². The summed E-state index contributed by atoms with van der Waals surface area (Å²) in [6.45, 7) is 0.0122. The quantitative estimate of drug-likeness (QED) is 0.162. The number of carboxylic acid groups (broad SMARTS) is 1. The average molecular weight is 541 g/mol. The summed E-state index contributed by atoms with van der Waals surface area (Å²) >= 11 is 10.8. The number of nitrogens with one attached hydrogen (secondary N) is 1. The van der Waals surface area contributed by atoms with Crippen LogP contribution in [-0.2, 0) is 14.4 Å². The molecule has 10 nitrogen and oxygen atoms in total. The Hall–Kier alpha value is -0.870. The predicted octanol–water partition coefficient (Wildman–Crippen LogP) is -2.91. The number of nitrogens with zero attached hydrogens (tertiary/aromatic N) is 4. The zero-order valence-electron chi connectivity index (χ0n) is 16.5. The molecule has 164 valence electrons. The third-order valence-electron chi connectivity index (χ3n) is 4.85. The maximum Gasteiger partial charge on any atom is 1.00 e. The molecule has 2 aliphatic rings. The molecule has 2 aromatic heterocycles. The van der Waals surface area contributed by atoms with E-state index in [1.165, 1.54) is 51.3 Å². The van der Waals surface area contributed by atoms with Crippen LogP contribution in [0.5, 0.6) is 0 Å². The number of fused-ring (bicyclic) bond motifs is 1. The van der Waals surface area contributed by atoms with Gasteiger partial charge in [-0.3, -0.25) is 9.59 Å². The summed E-state index contributed by atoms with van der Waals surface area (Å²) in [5.41, 5.74) is 5.90. The molecular formula is C16H14ClN6NaO4S4. The van der Waals surface area contributed by atoms with E-state index in [0.717, 1.165) is 9.74 Å². The zero-order chi connectivity index (χ0) is 22.2. The number of hydrogen-bond acceptors (Lipinski definition) is 12. The van der Waals surface area contributed by atoms with E-state index in [0.29, 0.717) is 5.69 Å². The van der Waals surface area contributed by atoms with Crippen LogP contribution in [0.2, 0.25) is 0 Å². The number of amides is 2. The molecule has 2 fully saturated rings. The van der Waals surface area contributed by atoms with Crippen molar-refractivity contribution in [1.82, 2.24) is 24.8 Å². The summed E-state index contributed by atoms with van der Waals surface area (Å²) in [5, 5.41) is 19.9. The van der Waals surface area contributed by atoms with Crippen LogP contribution in [0.4, 0.5) is 5.13 Å². The standard InChI is InChI=1S/C16H15ClN6O4S4.Na/c17-1-7(8-3-28-15(18)20-8)11(24)21-10-12(25)23-4-16(14(26)27,6-30-13(10)23)5-29-9-2-19-22-31-9;/h1-3,10,13H,4-6H2,(H2,18,20)(H,21,24)(H,26,27);/q;+1/p-1/t10?,13-,16?;/m1./s1. The number of β-lactam (4-membered cyclic amide) rings is 1. The van der Waals surface area contributed by atoms with Crippen molar-refractivity contribution in [3.05, 3.63) is 22.8 Å². The molecule has 2 saturated heterocycles. The Morgan fingerprint density at radius 3 is 2.88 bits per heavy atom. The van der Waals surface area contributed by atoms with E-state index in [2.05, 4.69) is 19.9 Å². The van der Waals surface area contributed by atoms with Gasteiger partial charge >= 0.3 is 29.6 Å². The first-order chi connectivity index (χ1) is 14.8. The molecule has 0 radical (unpaired) electrons. The second-order valence-corrected chi connectivity index (χ2v) is 11.1. The first-order valence-corrected chi connectivity index (χ1v) is 12.8. The van der Waals surface area contributed by atoms with Gasteiger partial charge in [-0.05, 0) is 11.5 Å². The summed E-state index contributed by atoms with van der Waals surface area (Å²) < 4.78 is 4.55. The number of anilines is 1. The van der Waals surface area contributed by atoms with Crippen LogP contribution >= 0.6 is 58.0 Å². The van der Waals surface area contributed by atoms with Gasteiger partial charge in [0, 0.05) is 34.4 Å². The van der Waals surface area contributed by atoms with Gasteiger partial charge in [-0.1, -0.05) is 16.1 Å². The summed E-state index contributed by atoms with van der Waals surface area (Å²) in [6, 6.07) is -0.779. The summed E-state index contributed by atoms with van der Waals surface area (Å²) in [7, 11) is 0. The molecule has 32 heavy (non-hydrogen) atoms. The molecule has 4 rings (SSSR count). The minimum atomic E-state index is -1.21. The fourth-order valence-corrected chi connectivity index (χ4v) is 7.23. The number of carboxylic acids is 1. The average Bonchev–Trinajstić information content (AvgIpc) is 3.42. The van der Waals surface area contributed by atoms with E-state index in [4.69, 9.17) is 17.3 Å². The minimum Gasteiger partial charge on any atom is -0.549 e. The second kappa shape index (κ2) is 10.6. The van der Waals surface area contributed by atoms with E-state index in [1.807, 2.05) is 0 Å². The Morgan fingerprint density at radius 2 is 2.28 bits per heavy atom. The van der Waals surface area contributed by atoms with Gasteiger partial charge in [-0.15, -0.1) is 40.0 Å². The zero-order valence-corrected chi connectivity index (χ0v) is 22.5. The van der Waals surface area contributed by atoms with E-state index < -0.39 is 23.3 Å². The Balaban J connectivity index is 0.00000289. The molecule has 2 unspecified atom stereocenters. The number of hydrogen-bond donors (Lipinski definition) is 2. The van der Waals surface area contributed by atoms with Gasteiger partial charge in [-0.25, -0.2) is 4.98 Å². The molecule has 2 amide bonds. The van der Waals surface area contributed by atoms with Gasteiger partial charge in [0.05, 0.1) is 23.4 Å². The van der Waals surface area contributed by atoms with Crippen LogP contribution in [0.25, 0.3) is 5.57 Å². The van der Waals surface area contributed by atoms with E-state index in [-0.39, 0.29) is 69.6 Å². The number of carbonyl (C=O) groups excluding carboxylic acids is 3. The fraction of sp³-hybridized carbons (Fsp3) is 0.375. The number of thioether (sulfide) groups is 2. The molecule has 4 heterocycles. The van der Waals surface area contributed by atoms with Crippen LogP contribution < -0.4 is 45.7 Å². The van der Waals surface area contributed by atoms with E-state index in [1.54, 1.807) is 11.6 Å². The van der Waals surface area contributed by atoms with E-state index >= 15 is 0 Å². The molecule has 0 aliphatic carbocycles. The minimum absolute atomic E-state index is 0. The van der Waals surface area contributed by atoms with Crippen LogP contribution in [0, 0.1) is 5.41 Å². The number of rotatable bonds is 7. The number of nitrogen functional groups attached to an aromatic ring is 1. The smallest absolute Gasteiger partial charge is 0.549 e. The number of aromatic nitrogens is 3. The van der Waals surface area contributed by atoms with Crippen molar-refractivity contribution in [2.75, 3.05) is 23.8 Å². The molecule has 2 aromatic rings. The molecular weight excluding hydrogens is 527 g/mol. The van der Waals surface area contributed by atoms with Crippen molar-refractivity contribution in [2.45, 2.75) is 15.6 Å². The molecule has 3 atom stereocenters. The van der Waals surface area contributed by atoms with Crippen LogP contribution in [-0.4, -0.2) is 66.7 Å². The van der Waals surface area contributed by atoms with Crippen molar-refractivity contribution >= 4 is 86.5 Å². The summed E-state index contributed by atoms with van der Waals surface area (Å²) in [6.07, 6.45) is 1.56. The van der Waals surface area contributed by atoms with Gasteiger partial charge in [-0.2, -0.15) is 0 Å². The maximum absolute atomic E-state index is 12.7. The fourth-order valence-electron chi connectivity index (χ4n) is 3.18. The van der Waals surface area contributed by atoms with Gasteiger partial charge in [0.15, 0.2) is 5.13 Å². The number of aliphatic carboxylic acids is 1. The van der Waals surface area contributed by atoms with Crippen molar-refractivity contribution in [3.63, 3.8) is 0 Å². The Kier molecular flexibility index (Phi) is 8.52.